The van der Waals surface area contributed by atoms with Crippen LogP contribution in [0.3, 0.4) is 0 Å². The number of alkyl halides is 3. The molecule has 11 nitrogen and oxygen atoms in total. The molecule has 0 saturated heterocycles. The number of hydrogen-bond donors (Lipinski definition) is 5. The summed E-state index contributed by atoms with van der Waals surface area (Å²) in [6.07, 6.45) is 0.239. The van der Waals surface area contributed by atoms with E-state index in [2.05, 4.69) is 35.8 Å². The molecule has 0 aliphatic rings. The van der Waals surface area contributed by atoms with Crippen LogP contribution >= 0.6 is 0 Å². The molecule has 41 heavy (non-hydrogen) atoms. The van der Waals surface area contributed by atoms with Crippen LogP contribution < -0.4 is 25.8 Å². The van der Waals surface area contributed by atoms with Crippen LogP contribution in [-0.2, 0) is 11.3 Å². The largest absolute Gasteiger partial charge is 0.573 e. The maximum atomic E-state index is 12.6. The highest BCUT2D eigenvalue weighted by Gasteiger charge is 2.31. The Morgan fingerprint density at radius 1 is 0.927 bits per heavy atom. The average molecular weight is 576 g/mol. The minimum atomic E-state index is -4.81. The zero-order valence-corrected chi connectivity index (χ0v) is 22.2. The number of rotatable bonds is 16. The maximum Gasteiger partial charge on any atom is 0.573 e. The molecule has 0 saturated carbocycles. The van der Waals surface area contributed by atoms with Crippen LogP contribution in [0.4, 0.5) is 24.7 Å². The first-order chi connectivity index (χ1) is 19.8. The van der Waals surface area contributed by atoms with E-state index >= 15 is 0 Å². The van der Waals surface area contributed by atoms with Gasteiger partial charge in [-0.2, -0.15) is 10.2 Å². The van der Waals surface area contributed by atoms with Gasteiger partial charge in [0, 0.05) is 42.4 Å². The monoisotopic (exact) mass is 575 g/mol. The molecule has 0 atom stereocenters. The second kappa shape index (κ2) is 14.5. The summed E-state index contributed by atoms with van der Waals surface area (Å²) >= 11 is 0. The molecule has 0 fully saturated rings. The molecule has 2 aromatic heterocycles. The van der Waals surface area contributed by atoms with Crippen molar-refractivity contribution in [3.8, 4) is 22.6 Å². The van der Waals surface area contributed by atoms with Gasteiger partial charge < -0.3 is 35.7 Å². The molecule has 2 aromatic carbocycles. The Bertz CT molecular complexity index is 1400. The number of aliphatic hydroxyl groups is 1. The van der Waals surface area contributed by atoms with Crippen LogP contribution in [0.5, 0.6) is 11.5 Å². The van der Waals surface area contributed by atoms with Gasteiger partial charge >= 0.3 is 6.36 Å². The molecule has 0 bridgehead atoms. The van der Waals surface area contributed by atoms with Crippen LogP contribution in [0.2, 0.25) is 0 Å². The Morgan fingerprint density at radius 2 is 1.78 bits per heavy atom. The van der Waals surface area contributed by atoms with E-state index in [-0.39, 0.29) is 24.7 Å². The summed E-state index contributed by atoms with van der Waals surface area (Å²) in [5.74, 6) is 0.165. The summed E-state index contributed by atoms with van der Waals surface area (Å²) < 4.78 is 53.0. The summed E-state index contributed by atoms with van der Waals surface area (Å²) in [7, 11) is 0. The minimum absolute atomic E-state index is 0.0310. The van der Waals surface area contributed by atoms with Gasteiger partial charge in [0.25, 0.3) is 0 Å². The predicted molar refractivity (Wildman–Crippen MR) is 147 cm³/mol. The number of aliphatic hydroxyl groups excluding tert-OH is 1. The molecule has 220 valence electrons. The van der Waals surface area contributed by atoms with Gasteiger partial charge in [0.2, 0.25) is 0 Å². The molecule has 0 aliphatic heterocycles. The molecule has 2 heterocycles. The zero-order chi connectivity index (χ0) is 29.1. The number of nitrogens with two attached hydrogens (primary N) is 1. The fourth-order valence-electron chi connectivity index (χ4n) is 4.12. The maximum absolute atomic E-state index is 12.6. The molecule has 0 amide bonds. The van der Waals surface area contributed by atoms with Crippen molar-refractivity contribution in [3.63, 3.8) is 0 Å². The van der Waals surface area contributed by atoms with Crippen LogP contribution in [0.1, 0.15) is 18.4 Å². The van der Waals surface area contributed by atoms with Gasteiger partial charge in [-0.05, 0) is 60.8 Å². The minimum Gasteiger partial charge on any atom is -0.491 e. The normalized spacial score (nSPS) is 11.6. The van der Waals surface area contributed by atoms with Gasteiger partial charge in [-0.3, -0.25) is 5.10 Å². The summed E-state index contributed by atoms with van der Waals surface area (Å²) in [5.41, 5.74) is 9.91. The van der Waals surface area contributed by atoms with Crippen LogP contribution in [0.25, 0.3) is 22.0 Å². The molecule has 0 spiro atoms. The third-order valence-electron chi connectivity index (χ3n) is 5.88. The van der Waals surface area contributed by atoms with Gasteiger partial charge in [0.15, 0.2) is 0 Å². The molecule has 0 unspecified atom stereocenters. The molecule has 4 aromatic rings. The number of aromatic amines is 1. The molecule has 4 rings (SSSR count). The first-order valence-electron chi connectivity index (χ1n) is 13.0. The molecule has 6 N–H and O–H groups in total. The average Bonchev–Trinajstić information content (AvgIpc) is 3.41. The van der Waals surface area contributed by atoms with Crippen molar-refractivity contribution >= 4 is 22.4 Å². The summed E-state index contributed by atoms with van der Waals surface area (Å²) in [4.78, 5) is 0. The SMILES string of the molecule is Nc1cc(-c2cc(NCCOCCCCNCc3cc(OCCO)cc(OC(F)(F)F)c3)c3cn[nH]c3c2)cnn1. The molecular weight excluding hydrogens is 543 g/mol. The summed E-state index contributed by atoms with van der Waals surface area (Å²) in [5, 5.41) is 31.3. The number of nitrogens with zero attached hydrogens (tertiary/aromatic N) is 3. The number of H-pyrrole nitrogens is 1. The second-order valence-corrected chi connectivity index (χ2v) is 9.08. The van der Waals surface area contributed by atoms with E-state index in [1.165, 1.54) is 6.07 Å². The summed E-state index contributed by atoms with van der Waals surface area (Å²) in [6, 6.07) is 9.80. The fourth-order valence-corrected chi connectivity index (χ4v) is 4.12. The lowest BCUT2D eigenvalue weighted by Crippen LogP contribution is -2.18. The first kappa shape index (κ1) is 29.8. The standard InChI is InChI=1S/C27H32F3N7O4/c28-27(29,30)41-22-10-18(9-21(14-22)40-8-5-38)15-32-3-1-2-6-39-7-4-33-24-11-19(12-25-23(24)17-35-36-25)20-13-26(31)37-34-16-20/h9-14,16-17,32-33,38H,1-8,15H2,(H2,31,37)(H,35,36). The van der Waals surface area contributed by atoms with Crippen LogP contribution in [-0.4, -0.2) is 71.4 Å². The van der Waals surface area contributed by atoms with E-state index in [0.29, 0.717) is 44.2 Å². The first-order valence-corrected chi connectivity index (χ1v) is 13.0. The lowest BCUT2D eigenvalue weighted by atomic mass is 10.0. The van der Waals surface area contributed by atoms with Gasteiger partial charge in [-0.15, -0.1) is 18.3 Å². The number of fused-ring (bicyclic) bond motifs is 1. The zero-order valence-electron chi connectivity index (χ0n) is 22.2. The van der Waals surface area contributed by atoms with Crippen molar-refractivity contribution in [3.05, 3.63) is 54.4 Å². The Balaban J connectivity index is 1.16. The molecule has 14 heteroatoms. The Labute approximate surface area is 234 Å². The number of nitrogen functional groups attached to an aromatic ring is 1. The van der Waals surface area contributed by atoms with Crippen molar-refractivity contribution < 1.29 is 32.5 Å². The number of ether oxygens (including phenoxy) is 3. The fraction of sp³-hybridized carbons (Fsp3) is 0.370. The number of anilines is 2. The van der Waals surface area contributed by atoms with E-state index in [0.717, 1.165) is 46.6 Å². The number of nitrogens with one attached hydrogen (secondary N) is 3. The number of aromatic nitrogens is 4. The highest BCUT2D eigenvalue weighted by molar-refractivity contribution is 5.95. The van der Waals surface area contributed by atoms with E-state index in [1.54, 1.807) is 24.5 Å². The Hall–Kier alpha value is -4.14. The van der Waals surface area contributed by atoms with Gasteiger partial charge in [-0.1, -0.05) is 0 Å². The third kappa shape index (κ3) is 9.48. The number of hydrogen-bond acceptors (Lipinski definition) is 10. The smallest absolute Gasteiger partial charge is 0.491 e. The topological polar surface area (TPSA) is 152 Å². The van der Waals surface area contributed by atoms with Crippen molar-refractivity contribution in [2.45, 2.75) is 25.7 Å². The van der Waals surface area contributed by atoms with Crippen molar-refractivity contribution in [1.82, 2.24) is 25.7 Å². The number of halogens is 3. The molecule has 0 radical (unpaired) electrons. The predicted octanol–water partition coefficient (Wildman–Crippen LogP) is 3.87. The van der Waals surface area contributed by atoms with E-state index in [9.17, 15) is 13.2 Å². The van der Waals surface area contributed by atoms with E-state index in [1.807, 2.05) is 12.1 Å². The van der Waals surface area contributed by atoms with Crippen molar-refractivity contribution in [2.24, 2.45) is 0 Å². The van der Waals surface area contributed by atoms with E-state index in [4.69, 9.17) is 20.3 Å². The number of benzene rings is 2. The van der Waals surface area contributed by atoms with Gasteiger partial charge in [0.05, 0.1) is 31.1 Å². The highest BCUT2D eigenvalue weighted by Crippen LogP contribution is 2.30. The lowest BCUT2D eigenvalue weighted by molar-refractivity contribution is -0.274. The van der Waals surface area contributed by atoms with Crippen LogP contribution in [0.15, 0.2) is 48.8 Å². The third-order valence-corrected chi connectivity index (χ3v) is 5.88. The second-order valence-electron chi connectivity index (χ2n) is 9.08. The molecule has 0 aliphatic carbocycles. The highest BCUT2D eigenvalue weighted by atomic mass is 19.4. The van der Waals surface area contributed by atoms with Gasteiger partial charge in [-0.25, -0.2) is 0 Å². The van der Waals surface area contributed by atoms with Gasteiger partial charge in [0.1, 0.15) is 23.9 Å². The lowest BCUT2D eigenvalue weighted by Gasteiger charge is -2.14. The van der Waals surface area contributed by atoms with Crippen molar-refractivity contribution in [1.29, 1.82) is 0 Å². The Morgan fingerprint density at radius 3 is 2.59 bits per heavy atom. The van der Waals surface area contributed by atoms with E-state index < -0.39 is 6.36 Å². The molecular formula is C27H32F3N7O4. The van der Waals surface area contributed by atoms with Crippen molar-refractivity contribution in [2.75, 3.05) is 50.6 Å². The Kier molecular flexibility index (Phi) is 10.5. The quantitative estimate of drug-likeness (QED) is 0.125. The van der Waals surface area contributed by atoms with Crippen LogP contribution in [0, 0.1) is 0 Å². The number of unbranched alkanes of at least 4 members (excludes halogenated alkanes) is 1. The summed E-state index contributed by atoms with van der Waals surface area (Å²) in [6.45, 7) is 2.37.